The lowest BCUT2D eigenvalue weighted by Crippen LogP contribution is -2.17. The van der Waals surface area contributed by atoms with Crippen molar-refractivity contribution >= 4 is 18.4 Å². The molecule has 1 atom stereocenters. The van der Waals surface area contributed by atoms with Gasteiger partial charge in [-0.05, 0) is 24.6 Å². The number of ether oxygens (including phenoxy) is 1. The second-order valence-corrected chi connectivity index (χ2v) is 3.35. The van der Waals surface area contributed by atoms with Gasteiger partial charge in [0.25, 0.3) is 0 Å². The summed E-state index contributed by atoms with van der Waals surface area (Å²) in [5.41, 5.74) is 7.24. The van der Waals surface area contributed by atoms with Crippen LogP contribution in [0.1, 0.15) is 30.5 Å². The third-order valence-corrected chi connectivity index (χ3v) is 2.16. The van der Waals surface area contributed by atoms with Gasteiger partial charge in [0.15, 0.2) is 0 Å². The smallest absolute Gasteiger partial charge is 0.307 e. The van der Waals surface area contributed by atoms with Crippen LogP contribution in [0, 0.1) is 11.3 Å². The molecule has 0 amide bonds. The predicted octanol–water partition coefficient (Wildman–Crippen LogP) is 1.93. The van der Waals surface area contributed by atoms with Gasteiger partial charge in [0.2, 0.25) is 0 Å². The average Bonchev–Trinajstić information content (AvgIpc) is 2.29. The second kappa shape index (κ2) is 7.66. The largest absolute Gasteiger partial charge is 0.466 e. The van der Waals surface area contributed by atoms with Crippen LogP contribution in [-0.4, -0.2) is 12.6 Å². The minimum Gasteiger partial charge on any atom is -0.466 e. The van der Waals surface area contributed by atoms with E-state index in [-0.39, 0.29) is 30.8 Å². The second-order valence-electron chi connectivity index (χ2n) is 3.35. The molecule has 17 heavy (non-hydrogen) atoms. The summed E-state index contributed by atoms with van der Waals surface area (Å²) >= 11 is 0. The number of carbonyl (C=O) groups is 1. The van der Waals surface area contributed by atoms with E-state index in [4.69, 9.17) is 15.7 Å². The third-order valence-electron chi connectivity index (χ3n) is 2.16. The normalized spacial score (nSPS) is 10.9. The van der Waals surface area contributed by atoms with E-state index in [1.807, 2.05) is 6.07 Å². The number of hydrogen-bond donors (Lipinski definition) is 1. The summed E-state index contributed by atoms with van der Waals surface area (Å²) in [5, 5.41) is 8.63. The van der Waals surface area contributed by atoms with E-state index in [1.54, 1.807) is 31.2 Å². The van der Waals surface area contributed by atoms with Gasteiger partial charge in [0.1, 0.15) is 0 Å². The summed E-state index contributed by atoms with van der Waals surface area (Å²) < 4.78 is 4.81. The van der Waals surface area contributed by atoms with Crippen molar-refractivity contribution in [2.45, 2.75) is 19.4 Å². The fraction of sp³-hybridized carbons (Fsp3) is 0.333. The number of carbonyl (C=O) groups excluding carboxylic acids is 1. The summed E-state index contributed by atoms with van der Waals surface area (Å²) in [5.74, 6) is -0.306. The van der Waals surface area contributed by atoms with Crippen LogP contribution >= 0.6 is 12.4 Å². The Kier molecular flexibility index (Phi) is 6.95. The lowest BCUT2D eigenvalue weighted by atomic mass is 10.0. The molecule has 0 aliphatic heterocycles. The van der Waals surface area contributed by atoms with Crippen molar-refractivity contribution < 1.29 is 9.53 Å². The lowest BCUT2D eigenvalue weighted by molar-refractivity contribution is -0.143. The number of esters is 1. The first-order valence-electron chi connectivity index (χ1n) is 5.08. The fourth-order valence-corrected chi connectivity index (χ4v) is 1.32. The van der Waals surface area contributed by atoms with E-state index in [0.717, 1.165) is 5.56 Å². The molecule has 1 aromatic carbocycles. The first-order chi connectivity index (χ1) is 7.67. The van der Waals surface area contributed by atoms with Crippen LogP contribution in [0.3, 0.4) is 0 Å². The fourth-order valence-electron chi connectivity index (χ4n) is 1.32. The maximum atomic E-state index is 11.2. The van der Waals surface area contributed by atoms with Crippen molar-refractivity contribution in [1.29, 1.82) is 5.26 Å². The van der Waals surface area contributed by atoms with Gasteiger partial charge in [-0.1, -0.05) is 12.1 Å². The number of hydrogen-bond acceptors (Lipinski definition) is 4. The monoisotopic (exact) mass is 254 g/mol. The summed E-state index contributed by atoms with van der Waals surface area (Å²) in [4.78, 5) is 11.2. The zero-order valence-corrected chi connectivity index (χ0v) is 10.4. The lowest BCUT2D eigenvalue weighted by Gasteiger charge is -2.10. The molecule has 4 nitrogen and oxygen atoms in total. The van der Waals surface area contributed by atoms with Gasteiger partial charge in [0.05, 0.1) is 24.7 Å². The third kappa shape index (κ3) is 4.85. The van der Waals surface area contributed by atoms with Crippen LogP contribution in [0.15, 0.2) is 24.3 Å². The Bertz CT molecular complexity index is 398. The van der Waals surface area contributed by atoms with Gasteiger partial charge in [-0.25, -0.2) is 0 Å². The first-order valence-corrected chi connectivity index (χ1v) is 5.08. The number of rotatable bonds is 4. The molecule has 0 saturated heterocycles. The molecule has 0 spiro atoms. The Morgan fingerprint density at radius 1 is 1.47 bits per heavy atom. The Morgan fingerprint density at radius 3 is 2.53 bits per heavy atom. The van der Waals surface area contributed by atoms with Gasteiger partial charge >= 0.3 is 5.97 Å². The highest BCUT2D eigenvalue weighted by Crippen LogP contribution is 2.15. The summed E-state index contributed by atoms with van der Waals surface area (Å²) in [7, 11) is 0. The highest BCUT2D eigenvalue weighted by molar-refractivity contribution is 5.85. The van der Waals surface area contributed by atoms with Crippen molar-refractivity contribution in [2.75, 3.05) is 6.61 Å². The number of nitrogens with zero attached hydrogens (tertiary/aromatic N) is 1. The molecule has 0 saturated carbocycles. The van der Waals surface area contributed by atoms with Crippen molar-refractivity contribution in [3.8, 4) is 6.07 Å². The molecule has 1 rings (SSSR count). The van der Waals surface area contributed by atoms with E-state index in [1.165, 1.54) is 0 Å². The Labute approximate surface area is 107 Å². The molecule has 0 unspecified atom stereocenters. The quantitative estimate of drug-likeness (QED) is 0.833. The van der Waals surface area contributed by atoms with Crippen LogP contribution in [0.5, 0.6) is 0 Å². The molecular formula is C12H15ClN2O2. The van der Waals surface area contributed by atoms with E-state index in [0.29, 0.717) is 12.2 Å². The van der Waals surface area contributed by atoms with E-state index in [9.17, 15) is 4.79 Å². The van der Waals surface area contributed by atoms with Gasteiger partial charge in [0, 0.05) is 6.04 Å². The first kappa shape index (κ1) is 15.4. The van der Waals surface area contributed by atoms with Crippen LogP contribution < -0.4 is 5.73 Å². The minimum absolute atomic E-state index is 0. The van der Waals surface area contributed by atoms with Crippen molar-refractivity contribution in [2.24, 2.45) is 5.73 Å². The highest BCUT2D eigenvalue weighted by Gasteiger charge is 2.12. The van der Waals surface area contributed by atoms with Crippen molar-refractivity contribution in [3.63, 3.8) is 0 Å². The molecule has 0 fully saturated rings. The molecule has 92 valence electrons. The molecule has 0 aromatic heterocycles. The van der Waals surface area contributed by atoms with Crippen LogP contribution in [0.2, 0.25) is 0 Å². The standard InChI is InChI=1S/C12H14N2O2.ClH/c1-2-16-12(15)7-11(14)10-5-3-9(8-13)4-6-10;/h3-6,11H,2,7,14H2,1H3;1H/t11-;/m0./s1. The van der Waals surface area contributed by atoms with Gasteiger partial charge < -0.3 is 10.5 Å². The molecule has 0 aliphatic carbocycles. The maximum Gasteiger partial charge on any atom is 0.307 e. The summed E-state index contributed by atoms with van der Waals surface area (Å²) in [6, 6.07) is 8.51. The van der Waals surface area contributed by atoms with Gasteiger partial charge in [-0.3, -0.25) is 4.79 Å². The maximum absolute atomic E-state index is 11.2. The molecular weight excluding hydrogens is 240 g/mol. The highest BCUT2D eigenvalue weighted by atomic mass is 35.5. The molecule has 0 bridgehead atoms. The van der Waals surface area contributed by atoms with E-state index in [2.05, 4.69) is 0 Å². The SMILES string of the molecule is CCOC(=O)C[C@H](N)c1ccc(C#N)cc1.Cl. The Hall–Kier alpha value is -1.57. The predicted molar refractivity (Wildman–Crippen MR) is 66.6 cm³/mol. The Morgan fingerprint density at radius 2 is 2.06 bits per heavy atom. The zero-order valence-electron chi connectivity index (χ0n) is 9.55. The molecule has 0 radical (unpaired) electrons. The number of halogens is 1. The van der Waals surface area contributed by atoms with E-state index >= 15 is 0 Å². The molecule has 2 N–H and O–H groups in total. The number of nitrogens with two attached hydrogens (primary N) is 1. The number of nitriles is 1. The van der Waals surface area contributed by atoms with Crippen LogP contribution in [0.4, 0.5) is 0 Å². The Balaban J connectivity index is 0.00000256. The molecule has 0 heterocycles. The van der Waals surface area contributed by atoms with Crippen molar-refractivity contribution in [3.05, 3.63) is 35.4 Å². The molecule has 5 heteroatoms. The summed E-state index contributed by atoms with van der Waals surface area (Å²) in [6.07, 6.45) is 0.153. The van der Waals surface area contributed by atoms with Crippen molar-refractivity contribution in [1.82, 2.24) is 0 Å². The number of benzene rings is 1. The average molecular weight is 255 g/mol. The zero-order chi connectivity index (χ0) is 12.0. The summed E-state index contributed by atoms with van der Waals surface area (Å²) in [6.45, 7) is 2.12. The molecule has 1 aromatic rings. The molecule has 0 aliphatic rings. The van der Waals surface area contributed by atoms with E-state index < -0.39 is 0 Å². The van der Waals surface area contributed by atoms with Crippen LogP contribution in [-0.2, 0) is 9.53 Å². The minimum atomic E-state index is -0.383. The van der Waals surface area contributed by atoms with Gasteiger partial charge in [-0.15, -0.1) is 12.4 Å². The topological polar surface area (TPSA) is 76.1 Å². The van der Waals surface area contributed by atoms with Crippen LogP contribution in [0.25, 0.3) is 0 Å². The van der Waals surface area contributed by atoms with Gasteiger partial charge in [-0.2, -0.15) is 5.26 Å².